The first-order valence-corrected chi connectivity index (χ1v) is 11.0. The van der Waals surface area contributed by atoms with Crippen LogP contribution in [0.2, 0.25) is 0 Å². The van der Waals surface area contributed by atoms with Crippen LogP contribution in [0.5, 0.6) is 0 Å². The van der Waals surface area contributed by atoms with Gasteiger partial charge in [0.2, 0.25) is 0 Å². The number of fused-ring (bicyclic) bond motifs is 1. The Morgan fingerprint density at radius 3 is 2.07 bits per heavy atom. The molecule has 0 aromatic heterocycles. The third-order valence-corrected chi connectivity index (χ3v) is 6.40. The van der Waals surface area contributed by atoms with Gasteiger partial charge in [0.15, 0.2) is 0 Å². The van der Waals surface area contributed by atoms with E-state index in [0.717, 1.165) is 26.2 Å². The molecule has 3 heterocycles. The van der Waals surface area contributed by atoms with Gasteiger partial charge in [0, 0.05) is 39.3 Å². The molecular weight excluding hydrogens is 356 g/mol. The van der Waals surface area contributed by atoms with Gasteiger partial charge in [-0.2, -0.15) is 0 Å². The van der Waals surface area contributed by atoms with Gasteiger partial charge >= 0.3 is 0 Å². The maximum atomic E-state index is 5.69. The summed E-state index contributed by atoms with van der Waals surface area (Å²) in [6.07, 6.45) is 5.25. The molecule has 3 nitrogen and oxygen atoms in total. The predicted octanol–water partition coefficient (Wildman–Crippen LogP) is 4.89. The lowest BCUT2D eigenvalue weighted by atomic mass is 9.98. The highest BCUT2D eigenvalue weighted by Crippen LogP contribution is 2.43. The van der Waals surface area contributed by atoms with Crippen LogP contribution >= 0.6 is 0 Å². The number of rotatable bonds is 4. The molecule has 0 N–H and O–H groups in total. The van der Waals surface area contributed by atoms with Crippen molar-refractivity contribution in [1.29, 1.82) is 0 Å². The molecule has 2 aromatic carbocycles. The number of hydrogen-bond donors (Lipinski definition) is 0. The van der Waals surface area contributed by atoms with E-state index in [-0.39, 0.29) is 5.60 Å². The zero-order valence-corrected chi connectivity index (χ0v) is 17.9. The number of likely N-dealkylation sites (tertiary alicyclic amines) is 1. The first-order chi connectivity index (χ1) is 14.1. The lowest BCUT2D eigenvalue weighted by molar-refractivity contribution is 0.223. The molecule has 0 spiro atoms. The van der Waals surface area contributed by atoms with Gasteiger partial charge in [0.05, 0.1) is 11.7 Å². The van der Waals surface area contributed by atoms with E-state index in [1.165, 1.54) is 42.6 Å². The average molecular weight is 391 g/mol. The third-order valence-electron chi connectivity index (χ3n) is 6.40. The Hall–Kier alpha value is -1.94. The summed E-state index contributed by atoms with van der Waals surface area (Å²) >= 11 is 0. The smallest absolute Gasteiger partial charge is 0.0997 e. The molecule has 2 fully saturated rings. The summed E-state index contributed by atoms with van der Waals surface area (Å²) in [7, 11) is 0. The summed E-state index contributed by atoms with van der Waals surface area (Å²) in [5.74, 6) is 0. The van der Waals surface area contributed by atoms with Gasteiger partial charge in [-0.1, -0.05) is 72.3 Å². The molecule has 2 saturated heterocycles. The van der Waals surface area contributed by atoms with E-state index in [0.29, 0.717) is 6.10 Å². The van der Waals surface area contributed by atoms with Crippen LogP contribution in [0.4, 0.5) is 0 Å². The number of benzene rings is 2. The Bertz CT molecular complexity index is 804. The largest absolute Gasteiger partial charge is 0.365 e. The molecular formula is C26H34N2O. The van der Waals surface area contributed by atoms with Crippen molar-refractivity contribution in [3.8, 4) is 0 Å². The van der Waals surface area contributed by atoms with Gasteiger partial charge < -0.3 is 4.74 Å². The monoisotopic (exact) mass is 390 g/mol. The normalized spacial score (nSPS) is 26.7. The van der Waals surface area contributed by atoms with E-state index >= 15 is 0 Å². The highest BCUT2D eigenvalue weighted by atomic mass is 16.6. The molecule has 0 bridgehead atoms. The lowest BCUT2D eigenvalue weighted by Gasteiger charge is -2.26. The quantitative estimate of drug-likeness (QED) is 0.547. The molecule has 5 rings (SSSR count). The Balaban J connectivity index is 0.000000142. The molecule has 0 aliphatic carbocycles. The number of nitrogens with zero attached hydrogens (tertiary/aromatic N) is 2. The minimum atomic E-state index is 0.229. The Morgan fingerprint density at radius 1 is 0.897 bits per heavy atom. The predicted molar refractivity (Wildman–Crippen MR) is 120 cm³/mol. The molecule has 0 saturated carbocycles. The van der Waals surface area contributed by atoms with Crippen molar-refractivity contribution in [2.24, 2.45) is 0 Å². The van der Waals surface area contributed by atoms with Crippen molar-refractivity contribution in [2.45, 2.75) is 51.5 Å². The van der Waals surface area contributed by atoms with Crippen molar-refractivity contribution in [1.82, 2.24) is 9.80 Å². The Kier molecular flexibility index (Phi) is 6.49. The second kappa shape index (κ2) is 9.25. The fourth-order valence-electron chi connectivity index (χ4n) is 4.23. The second-order valence-electron chi connectivity index (χ2n) is 8.91. The summed E-state index contributed by atoms with van der Waals surface area (Å²) in [6, 6.07) is 21.4. The van der Waals surface area contributed by atoms with Crippen molar-refractivity contribution >= 4 is 0 Å². The summed E-state index contributed by atoms with van der Waals surface area (Å²) in [5.41, 5.74) is 4.59. The van der Waals surface area contributed by atoms with Gasteiger partial charge in [0.1, 0.15) is 0 Å². The first-order valence-electron chi connectivity index (χ1n) is 11.0. The van der Waals surface area contributed by atoms with E-state index in [2.05, 4.69) is 90.4 Å². The van der Waals surface area contributed by atoms with Gasteiger partial charge in [-0.05, 0) is 37.8 Å². The standard InChI is InChI=1S/C13H17NO.C13H17N/c1-13-7-8-14(10-12(13)15-13)9-11-5-3-2-4-6-11;1-12-7-9-14(10-8-12)11-13-5-3-2-4-6-13/h2-6,12H,7-10H2,1H3;2-7H,8-11H2,1H3/t12-,13+;/m1./s1. The zero-order chi connectivity index (χ0) is 20.1. The Labute approximate surface area is 176 Å². The molecule has 0 unspecified atom stereocenters. The van der Waals surface area contributed by atoms with Gasteiger partial charge in [-0.25, -0.2) is 0 Å². The molecule has 154 valence electrons. The molecule has 3 aliphatic rings. The fraction of sp³-hybridized carbons (Fsp3) is 0.462. The topological polar surface area (TPSA) is 19.0 Å². The van der Waals surface area contributed by atoms with Crippen LogP contribution in [0.3, 0.4) is 0 Å². The molecule has 3 aliphatic heterocycles. The number of ether oxygens (including phenoxy) is 1. The zero-order valence-electron chi connectivity index (χ0n) is 17.9. The van der Waals surface area contributed by atoms with Gasteiger partial charge in [-0.3, -0.25) is 9.80 Å². The maximum absolute atomic E-state index is 5.69. The van der Waals surface area contributed by atoms with Crippen LogP contribution in [0.1, 0.15) is 37.8 Å². The molecule has 2 atom stereocenters. The van der Waals surface area contributed by atoms with Crippen molar-refractivity contribution in [2.75, 3.05) is 26.2 Å². The van der Waals surface area contributed by atoms with E-state index in [9.17, 15) is 0 Å². The molecule has 3 heteroatoms. The third kappa shape index (κ3) is 5.79. The SMILES string of the molecule is CC1=CCN(Cc2ccccc2)CC1.C[C@]12CCN(Cc3ccccc3)C[C@H]1O2. The van der Waals surface area contributed by atoms with Crippen molar-refractivity contribution < 1.29 is 4.74 Å². The number of hydrogen-bond acceptors (Lipinski definition) is 3. The van der Waals surface area contributed by atoms with E-state index in [1.54, 1.807) is 0 Å². The summed E-state index contributed by atoms with van der Waals surface area (Å²) in [4.78, 5) is 4.98. The van der Waals surface area contributed by atoms with E-state index in [1.807, 2.05) is 0 Å². The Morgan fingerprint density at radius 2 is 1.52 bits per heavy atom. The summed E-state index contributed by atoms with van der Waals surface area (Å²) < 4.78 is 5.69. The molecule has 2 aromatic rings. The van der Waals surface area contributed by atoms with E-state index in [4.69, 9.17) is 4.74 Å². The summed E-state index contributed by atoms with van der Waals surface area (Å²) in [6.45, 7) is 11.2. The van der Waals surface area contributed by atoms with Crippen LogP contribution in [-0.2, 0) is 17.8 Å². The van der Waals surface area contributed by atoms with Crippen LogP contribution in [0, 0.1) is 0 Å². The molecule has 0 radical (unpaired) electrons. The van der Waals surface area contributed by atoms with Crippen LogP contribution in [0.15, 0.2) is 72.3 Å². The highest BCUT2D eigenvalue weighted by Gasteiger charge is 2.54. The number of piperidine rings is 1. The first kappa shape index (κ1) is 20.3. The van der Waals surface area contributed by atoms with E-state index < -0.39 is 0 Å². The lowest BCUT2D eigenvalue weighted by Crippen LogP contribution is -2.37. The molecule has 0 amide bonds. The highest BCUT2D eigenvalue weighted by molar-refractivity contribution is 5.16. The van der Waals surface area contributed by atoms with Crippen LogP contribution in [-0.4, -0.2) is 47.7 Å². The molecule has 29 heavy (non-hydrogen) atoms. The summed E-state index contributed by atoms with van der Waals surface area (Å²) in [5, 5.41) is 0. The van der Waals surface area contributed by atoms with Gasteiger partial charge in [-0.15, -0.1) is 0 Å². The van der Waals surface area contributed by atoms with Gasteiger partial charge in [0.25, 0.3) is 0 Å². The maximum Gasteiger partial charge on any atom is 0.0997 e. The minimum absolute atomic E-state index is 0.229. The number of epoxide rings is 1. The van der Waals surface area contributed by atoms with Crippen LogP contribution in [0.25, 0.3) is 0 Å². The van der Waals surface area contributed by atoms with Crippen molar-refractivity contribution in [3.05, 3.63) is 83.4 Å². The fourth-order valence-corrected chi connectivity index (χ4v) is 4.23. The van der Waals surface area contributed by atoms with Crippen LogP contribution < -0.4 is 0 Å². The second-order valence-corrected chi connectivity index (χ2v) is 8.91. The average Bonchev–Trinajstić information content (AvgIpc) is 3.42. The van der Waals surface area contributed by atoms with Crippen molar-refractivity contribution in [3.63, 3.8) is 0 Å². The minimum Gasteiger partial charge on any atom is -0.365 e.